The number of hydrogen-bond donors (Lipinski definition) is 1. The molecule has 0 aliphatic carbocycles. The van der Waals surface area contributed by atoms with Crippen LogP contribution >= 0.6 is 0 Å². The van der Waals surface area contributed by atoms with Crippen LogP contribution in [-0.2, 0) is 9.53 Å². The Kier molecular flexibility index (Phi) is 6.40. The number of aryl methyl sites for hydroxylation is 2. The van der Waals surface area contributed by atoms with Gasteiger partial charge in [-0.15, -0.1) is 0 Å². The summed E-state index contributed by atoms with van der Waals surface area (Å²) < 4.78 is 11.4. The summed E-state index contributed by atoms with van der Waals surface area (Å²) in [6.07, 6.45) is 1.93. The lowest BCUT2D eigenvalue weighted by Crippen LogP contribution is -2.53. The maximum Gasteiger partial charge on any atom is 0.219 e. The highest BCUT2D eigenvalue weighted by Gasteiger charge is 2.39. The van der Waals surface area contributed by atoms with Crippen LogP contribution in [-0.4, -0.2) is 78.5 Å². The van der Waals surface area contributed by atoms with Gasteiger partial charge < -0.3 is 19.5 Å². The molecule has 6 nitrogen and oxygen atoms in total. The zero-order valence-electron chi connectivity index (χ0n) is 16.7. The van der Waals surface area contributed by atoms with Crippen molar-refractivity contribution in [2.75, 3.05) is 46.0 Å². The van der Waals surface area contributed by atoms with Crippen molar-refractivity contribution in [2.24, 2.45) is 0 Å². The van der Waals surface area contributed by atoms with Gasteiger partial charge in [0.25, 0.3) is 0 Å². The SMILES string of the molecule is CC(=O)N1CCN(C2CCOCC2)C[C@](O)(COc2ccc(C)c(C)c2)C1. The summed E-state index contributed by atoms with van der Waals surface area (Å²) in [5.41, 5.74) is 1.28. The van der Waals surface area contributed by atoms with Crippen LogP contribution in [0, 0.1) is 13.8 Å². The van der Waals surface area contributed by atoms with E-state index in [0.29, 0.717) is 25.7 Å². The monoisotopic (exact) mass is 376 g/mol. The molecule has 0 unspecified atom stereocenters. The summed E-state index contributed by atoms with van der Waals surface area (Å²) in [4.78, 5) is 16.1. The molecule has 0 saturated carbocycles. The first-order chi connectivity index (χ1) is 12.9. The van der Waals surface area contributed by atoms with Crippen molar-refractivity contribution < 1.29 is 19.4 Å². The van der Waals surface area contributed by atoms with Gasteiger partial charge in [0.2, 0.25) is 5.91 Å². The first kappa shape index (κ1) is 20.1. The fourth-order valence-corrected chi connectivity index (χ4v) is 3.93. The third-order valence-corrected chi connectivity index (χ3v) is 5.78. The largest absolute Gasteiger partial charge is 0.490 e. The zero-order valence-corrected chi connectivity index (χ0v) is 16.7. The number of rotatable bonds is 4. The van der Waals surface area contributed by atoms with Gasteiger partial charge in [-0.2, -0.15) is 0 Å². The first-order valence-corrected chi connectivity index (χ1v) is 9.86. The Morgan fingerprint density at radius 3 is 2.63 bits per heavy atom. The van der Waals surface area contributed by atoms with Crippen LogP contribution < -0.4 is 4.74 Å². The third-order valence-electron chi connectivity index (χ3n) is 5.78. The van der Waals surface area contributed by atoms with E-state index >= 15 is 0 Å². The highest BCUT2D eigenvalue weighted by atomic mass is 16.5. The van der Waals surface area contributed by atoms with Gasteiger partial charge in [-0.25, -0.2) is 0 Å². The van der Waals surface area contributed by atoms with Crippen LogP contribution in [0.5, 0.6) is 5.75 Å². The fraction of sp³-hybridized carbons (Fsp3) is 0.667. The van der Waals surface area contributed by atoms with Gasteiger partial charge in [-0.3, -0.25) is 9.69 Å². The van der Waals surface area contributed by atoms with Crippen LogP contribution in [0.1, 0.15) is 30.9 Å². The predicted molar refractivity (Wildman–Crippen MR) is 104 cm³/mol. The van der Waals surface area contributed by atoms with Gasteiger partial charge in [0.1, 0.15) is 18.0 Å². The van der Waals surface area contributed by atoms with Gasteiger partial charge in [0.05, 0.1) is 6.54 Å². The number of carbonyl (C=O) groups excluding carboxylic acids is 1. The zero-order chi connectivity index (χ0) is 19.4. The molecule has 2 heterocycles. The molecule has 0 bridgehead atoms. The number of amides is 1. The van der Waals surface area contributed by atoms with Crippen molar-refractivity contribution in [3.8, 4) is 5.75 Å². The molecular weight excluding hydrogens is 344 g/mol. The second-order valence-electron chi connectivity index (χ2n) is 8.01. The van der Waals surface area contributed by atoms with Crippen LogP contribution in [0.15, 0.2) is 18.2 Å². The molecule has 2 saturated heterocycles. The van der Waals surface area contributed by atoms with Crippen molar-refractivity contribution >= 4 is 5.91 Å². The van der Waals surface area contributed by atoms with E-state index < -0.39 is 5.60 Å². The fourth-order valence-electron chi connectivity index (χ4n) is 3.93. The molecule has 6 heteroatoms. The van der Waals surface area contributed by atoms with Gasteiger partial charge >= 0.3 is 0 Å². The number of hydrogen-bond acceptors (Lipinski definition) is 5. The minimum Gasteiger partial charge on any atom is -0.490 e. The average Bonchev–Trinajstić information content (AvgIpc) is 2.83. The molecule has 1 N–H and O–H groups in total. The predicted octanol–water partition coefficient (Wildman–Crippen LogP) is 1.76. The van der Waals surface area contributed by atoms with Gasteiger partial charge in [0, 0.05) is 45.8 Å². The van der Waals surface area contributed by atoms with Crippen molar-refractivity contribution in [1.82, 2.24) is 9.80 Å². The van der Waals surface area contributed by atoms with Crippen LogP contribution in [0.3, 0.4) is 0 Å². The van der Waals surface area contributed by atoms with Gasteiger partial charge in [-0.1, -0.05) is 6.07 Å². The number of ether oxygens (including phenoxy) is 2. The molecule has 0 spiro atoms. The third kappa shape index (κ3) is 5.21. The molecule has 2 aliphatic rings. The van der Waals surface area contributed by atoms with Crippen molar-refractivity contribution in [1.29, 1.82) is 0 Å². The number of carbonyl (C=O) groups is 1. The van der Waals surface area contributed by atoms with Crippen molar-refractivity contribution in [2.45, 2.75) is 45.3 Å². The number of aliphatic hydroxyl groups is 1. The van der Waals surface area contributed by atoms with Crippen molar-refractivity contribution in [3.63, 3.8) is 0 Å². The maximum absolute atomic E-state index is 12.0. The van der Waals surface area contributed by atoms with E-state index in [4.69, 9.17) is 9.47 Å². The molecule has 2 fully saturated rings. The normalized spacial score (nSPS) is 25.3. The molecule has 27 heavy (non-hydrogen) atoms. The topological polar surface area (TPSA) is 62.2 Å². The molecule has 2 aliphatic heterocycles. The summed E-state index contributed by atoms with van der Waals surface area (Å²) in [7, 11) is 0. The van der Waals surface area contributed by atoms with E-state index in [0.717, 1.165) is 43.9 Å². The van der Waals surface area contributed by atoms with Crippen LogP contribution in [0.2, 0.25) is 0 Å². The molecule has 1 aromatic carbocycles. The standard InChI is InChI=1S/C21H32N2O4/c1-16-4-5-20(12-17(16)2)27-15-21(25)13-22(18(3)24)8-9-23(14-21)19-6-10-26-11-7-19/h4-5,12,19,25H,6-11,13-15H2,1-3H3/t21-/m0/s1. The Labute approximate surface area is 162 Å². The Balaban J connectivity index is 1.72. The van der Waals surface area contributed by atoms with Crippen LogP contribution in [0.4, 0.5) is 0 Å². The van der Waals surface area contributed by atoms with Crippen LogP contribution in [0.25, 0.3) is 0 Å². The Bertz CT molecular complexity index is 660. The van der Waals surface area contributed by atoms with E-state index in [9.17, 15) is 9.90 Å². The highest BCUT2D eigenvalue weighted by Crippen LogP contribution is 2.23. The quantitative estimate of drug-likeness (QED) is 0.868. The van der Waals surface area contributed by atoms with E-state index in [-0.39, 0.29) is 12.5 Å². The number of nitrogens with zero attached hydrogens (tertiary/aromatic N) is 2. The summed E-state index contributed by atoms with van der Waals surface area (Å²) in [6.45, 7) is 9.58. The molecule has 150 valence electrons. The lowest BCUT2D eigenvalue weighted by atomic mass is 10.0. The molecule has 1 aromatic rings. The lowest BCUT2D eigenvalue weighted by Gasteiger charge is -2.37. The smallest absolute Gasteiger partial charge is 0.219 e. The molecule has 0 radical (unpaired) electrons. The minimum atomic E-state index is -1.10. The summed E-state index contributed by atoms with van der Waals surface area (Å²) in [5, 5.41) is 11.4. The Morgan fingerprint density at radius 1 is 1.22 bits per heavy atom. The number of benzene rings is 1. The number of β-amino-alcohol motifs (C(OH)–C–C–N with tert-alkyl or cyclic N) is 1. The Hall–Kier alpha value is -1.63. The van der Waals surface area contributed by atoms with E-state index in [1.807, 2.05) is 25.1 Å². The molecular formula is C21H32N2O4. The molecule has 0 aromatic heterocycles. The van der Waals surface area contributed by atoms with E-state index in [1.165, 1.54) is 5.56 Å². The lowest BCUT2D eigenvalue weighted by molar-refractivity contribution is -0.132. The molecule has 1 atom stereocenters. The van der Waals surface area contributed by atoms with Gasteiger partial charge in [0.15, 0.2) is 0 Å². The summed E-state index contributed by atoms with van der Waals surface area (Å²) in [5.74, 6) is 0.746. The summed E-state index contributed by atoms with van der Waals surface area (Å²) in [6, 6.07) is 6.34. The molecule has 3 rings (SSSR count). The highest BCUT2D eigenvalue weighted by molar-refractivity contribution is 5.73. The van der Waals surface area contributed by atoms with E-state index in [1.54, 1.807) is 11.8 Å². The minimum absolute atomic E-state index is 0.00608. The second-order valence-corrected chi connectivity index (χ2v) is 8.01. The summed E-state index contributed by atoms with van der Waals surface area (Å²) >= 11 is 0. The molecule has 1 amide bonds. The maximum atomic E-state index is 12.0. The van der Waals surface area contributed by atoms with Crippen molar-refractivity contribution in [3.05, 3.63) is 29.3 Å². The second kappa shape index (κ2) is 8.59. The van der Waals surface area contributed by atoms with E-state index in [2.05, 4.69) is 11.8 Å². The Morgan fingerprint density at radius 2 is 1.96 bits per heavy atom. The van der Waals surface area contributed by atoms with Gasteiger partial charge in [-0.05, 0) is 49.9 Å². The average molecular weight is 376 g/mol. The first-order valence-electron chi connectivity index (χ1n) is 9.86.